The second-order valence-corrected chi connectivity index (χ2v) is 10.2. The van der Waals surface area contributed by atoms with E-state index in [-0.39, 0.29) is 36.9 Å². The van der Waals surface area contributed by atoms with Gasteiger partial charge in [0.1, 0.15) is 13.2 Å². The van der Waals surface area contributed by atoms with Crippen LogP contribution in [0.25, 0.3) is 11.1 Å². The van der Waals surface area contributed by atoms with Gasteiger partial charge in [-0.2, -0.15) is 11.8 Å². The molecule has 2 aliphatic carbocycles. The van der Waals surface area contributed by atoms with Gasteiger partial charge < -0.3 is 20.1 Å². The molecule has 35 heavy (non-hydrogen) atoms. The van der Waals surface area contributed by atoms with Gasteiger partial charge in [-0.25, -0.2) is 4.79 Å². The summed E-state index contributed by atoms with van der Waals surface area (Å²) in [5.74, 6) is -0.566. The first-order valence-electron chi connectivity index (χ1n) is 12.1. The van der Waals surface area contributed by atoms with Crippen molar-refractivity contribution in [1.82, 2.24) is 10.2 Å². The number of carboxylic acids is 1. The van der Waals surface area contributed by atoms with Crippen LogP contribution in [0.2, 0.25) is 0 Å². The number of ether oxygens (including phenoxy) is 1. The number of carboxylic acid groups (broad SMARTS) is 1. The molecule has 2 amide bonds. The van der Waals surface area contributed by atoms with E-state index in [9.17, 15) is 14.4 Å². The van der Waals surface area contributed by atoms with E-state index in [0.29, 0.717) is 38.0 Å². The normalized spacial score (nSPS) is 18.9. The molecule has 1 saturated carbocycles. The molecule has 2 aromatic carbocycles. The van der Waals surface area contributed by atoms with Gasteiger partial charge in [0.15, 0.2) is 0 Å². The van der Waals surface area contributed by atoms with Crippen LogP contribution < -0.4 is 5.32 Å². The van der Waals surface area contributed by atoms with Crippen LogP contribution >= 0.6 is 11.8 Å². The maximum atomic E-state index is 12.9. The Bertz CT molecular complexity index is 1020. The quantitative estimate of drug-likeness (QED) is 0.536. The highest BCUT2D eigenvalue weighted by molar-refractivity contribution is 7.98. The maximum Gasteiger partial charge on any atom is 0.407 e. The van der Waals surface area contributed by atoms with Gasteiger partial charge in [0, 0.05) is 30.2 Å². The van der Waals surface area contributed by atoms with Gasteiger partial charge in [-0.15, -0.1) is 0 Å². The molecule has 0 atom stereocenters. The Balaban J connectivity index is 1.27. The van der Waals surface area contributed by atoms with E-state index in [1.165, 1.54) is 27.2 Å². The molecule has 0 aliphatic heterocycles. The lowest BCUT2D eigenvalue weighted by Crippen LogP contribution is -2.44. The summed E-state index contributed by atoms with van der Waals surface area (Å²) in [6.45, 7) is 0.439. The number of rotatable bonds is 9. The number of hydrogen-bond acceptors (Lipinski definition) is 5. The fourth-order valence-electron chi connectivity index (χ4n) is 5.18. The SMILES string of the molecule is CSCCN(CC(=O)O)C(=O)C1CCC(NC(=O)OCC2c3ccccc3-c3ccccc32)CC1. The van der Waals surface area contributed by atoms with E-state index in [2.05, 4.69) is 29.6 Å². The molecule has 0 unspecified atom stereocenters. The van der Waals surface area contributed by atoms with E-state index in [1.54, 1.807) is 11.8 Å². The Morgan fingerprint density at radius 1 is 1.00 bits per heavy atom. The number of carbonyl (C=O) groups is 3. The number of hydrogen-bond donors (Lipinski definition) is 2. The minimum atomic E-state index is -0.995. The molecule has 0 spiro atoms. The number of aliphatic carboxylic acids is 1. The second-order valence-electron chi connectivity index (χ2n) is 9.16. The summed E-state index contributed by atoms with van der Waals surface area (Å²) in [5, 5.41) is 12.1. The van der Waals surface area contributed by atoms with Crippen LogP contribution in [0.3, 0.4) is 0 Å². The lowest BCUT2D eigenvalue weighted by molar-refractivity contribution is -0.146. The molecule has 186 valence electrons. The summed E-state index contributed by atoms with van der Waals surface area (Å²) in [4.78, 5) is 38.1. The molecular weight excluding hydrogens is 464 g/mol. The monoisotopic (exact) mass is 496 g/mol. The highest BCUT2D eigenvalue weighted by Gasteiger charge is 2.32. The minimum absolute atomic E-state index is 0.0167. The van der Waals surface area contributed by atoms with E-state index in [0.717, 1.165) is 0 Å². The smallest absolute Gasteiger partial charge is 0.407 e. The fourth-order valence-corrected chi connectivity index (χ4v) is 5.58. The molecule has 2 aromatic rings. The number of nitrogens with zero attached hydrogens (tertiary/aromatic N) is 1. The van der Waals surface area contributed by atoms with Crippen LogP contribution in [0, 0.1) is 5.92 Å². The Kier molecular flexibility index (Phi) is 8.33. The molecule has 4 rings (SSSR count). The van der Waals surface area contributed by atoms with Crippen LogP contribution in [0.4, 0.5) is 4.79 Å². The van der Waals surface area contributed by atoms with Crippen molar-refractivity contribution in [2.45, 2.75) is 37.6 Å². The third-order valence-corrected chi connectivity index (χ3v) is 7.54. The molecule has 0 aromatic heterocycles. The van der Waals surface area contributed by atoms with Crippen molar-refractivity contribution in [3.05, 3.63) is 59.7 Å². The summed E-state index contributed by atoms with van der Waals surface area (Å²) in [5.41, 5.74) is 4.73. The van der Waals surface area contributed by atoms with Gasteiger partial charge in [0.25, 0.3) is 0 Å². The van der Waals surface area contributed by atoms with Crippen molar-refractivity contribution in [1.29, 1.82) is 0 Å². The Hall–Kier alpha value is -3.00. The zero-order chi connectivity index (χ0) is 24.8. The first-order valence-corrected chi connectivity index (χ1v) is 13.5. The van der Waals surface area contributed by atoms with Gasteiger partial charge in [0.2, 0.25) is 5.91 Å². The molecule has 8 heteroatoms. The number of fused-ring (bicyclic) bond motifs is 3. The predicted octanol–water partition coefficient (Wildman–Crippen LogP) is 4.36. The standard InChI is InChI=1S/C27H32N2O5S/c1-35-15-14-29(16-25(30)31)26(32)18-10-12-19(13-11-18)28-27(33)34-17-24-22-8-4-2-6-20(22)21-7-3-5-9-23(21)24/h2-9,18-19,24H,10-17H2,1H3,(H,28,33)(H,30,31). The average Bonchev–Trinajstić information content (AvgIpc) is 3.19. The van der Waals surface area contributed by atoms with Crippen molar-refractivity contribution in [3.63, 3.8) is 0 Å². The van der Waals surface area contributed by atoms with Gasteiger partial charge in [-0.1, -0.05) is 48.5 Å². The third kappa shape index (κ3) is 5.99. The molecule has 1 fully saturated rings. The highest BCUT2D eigenvalue weighted by Crippen LogP contribution is 2.44. The average molecular weight is 497 g/mol. The number of benzene rings is 2. The highest BCUT2D eigenvalue weighted by atomic mass is 32.2. The molecule has 2 N–H and O–H groups in total. The van der Waals surface area contributed by atoms with E-state index < -0.39 is 12.1 Å². The summed E-state index contributed by atoms with van der Waals surface area (Å²) >= 11 is 1.59. The molecule has 0 radical (unpaired) electrons. The Morgan fingerprint density at radius 3 is 2.17 bits per heavy atom. The third-order valence-electron chi connectivity index (χ3n) is 6.95. The number of nitrogens with one attached hydrogen (secondary N) is 1. The number of carbonyl (C=O) groups excluding carboxylic acids is 2. The number of amides is 2. The van der Waals surface area contributed by atoms with Crippen molar-refractivity contribution in [2.75, 3.05) is 31.7 Å². The summed E-state index contributed by atoms with van der Waals surface area (Å²) in [6.07, 6.45) is 4.09. The minimum Gasteiger partial charge on any atom is -0.480 e. The van der Waals surface area contributed by atoms with E-state index in [4.69, 9.17) is 9.84 Å². The van der Waals surface area contributed by atoms with Crippen LogP contribution in [-0.2, 0) is 14.3 Å². The predicted molar refractivity (Wildman–Crippen MR) is 137 cm³/mol. The first-order chi connectivity index (χ1) is 17.0. The second kappa shape index (κ2) is 11.6. The zero-order valence-corrected chi connectivity index (χ0v) is 20.8. The largest absolute Gasteiger partial charge is 0.480 e. The Labute approximate surface area is 210 Å². The van der Waals surface area contributed by atoms with Crippen molar-refractivity contribution < 1.29 is 24.2 Å². The van der Waals surface area contributed by atoms with E-state index in [1.807, 2.05) is 30.5 Å². The molecule has 0 bridgehead atoms. The zero-order valence-electron chi connectivity index (χ0n) is 19.9. The topological polar surface area (TPSA) is 95.9 Å². The summed E-state index contributed by atoms with van der Waals surface area (Å²) in [7, 11) is 0. The number of thioether (sulfide) groups is 1. The fraction of sp³-hybridized carbons (Fsp3) is 0.444. The Morgan fingerprint density at radius 2 is 1.60 bits per heavy atom. The van der Waals surface area contributed by atoms with Gasteiger partial charge in [0.05, 0.1) is 0 Å². The van der Waals surface area contributed by atoms with Crippen molar-refractivity contribution in [3.8, 4) is 11.1 Å². The summed E-state index contributed by atoms with van der Waals surface area (Å²) in [6, 6.07) is 16.4. The van der Waals surface area contributed by atoms with E-state index >= 15 is 0 Å². The van der Waals surface area contributed by atoms with Crippen molar-refractivity contribution in [2.24, 2.45) is 5.92 Å². The van der Waals surface area contributed by atoms with Crippen LogP contribution in [0.15, 0.2) is 48.5 Å². The van der Waals surface area contributed by atoms with Crippen LogP contribution in [0.5, 0.6) is 0 Å². The van der Waals surface area contributed by atoms with Crippen LogP contribution in [0.1, 0.15) is 42.7 Å². The lowest BCUT2D eigenvalue weighted by Gasteiger charge is -2.31. The molecule has 0 heterocycles. The van der Waals surface area contributed by atoms with Gasteiger partial charge >= 0.3 is 12.1 Å². The lowest BCUT2D eigenvalue weighted by atomic mass is 9.85. The first kappa shape index (κ1) is 25.1. The maximum absolute atomic E-state index is 12.9. The van der Waals surface area contributed by atoms with Gasteiger partial charge in [-0.3, -0.25) is 9.59 Å². The summed E-state index contributed by atoms with van der Waals surface area (Å²) < 4.78 is 5.65. The van der Waals surface area contributed by atoms with Crippen LogP contribution in [-0.4, -0.2) is 65.7 Å². The number of alkyl carbamates (subject to hydrolysis) is 1. The van der Waals surface area contributed by atoms with Crippen molar-refractivity contribution >= 4 is 29.7 Å². The molecular formula is C27H32N2O5S. The molecule has 2 aliphatic rings. The molecule has 0 saturated heterocycles. The van der Waals surface area contributed by atoms with Gasteiger partial charge in [-0.05, 0) is 54.2 Å². The molecule has 7 nitrogen and oxygen atoms in total.